The van der Waals surface area contributed by atoms with Crippen molar-refractivity contribution < 1.29 is 9.53 Å². The summed E-state index contributed by atoms with van der Waals surface area (Å²) in [5.74, 6) is 2.31. The van der Waals surface area contributed by atoms with Gasteiger partial charge in [0.15, 0.2) is 0 Å². The molecule has 146 valence electrons. The SMILES string of the molecule is O=C1C(=Nc2ccc(Oc3ccccc3)cc2)c2ccccc2N1C1=CSCC=C1. The van der Waals surface area contributed by atoms with Gasteiger partial charge in [-0.15, -0.1) is 11.8 Å². The van der Waals surface area contributed by atoms with Gasteiger partial charge in [0.05, 0.1) is 17.1 Å². The van der Waals surface area contributed by atoms with Crippen molar-refractivity contribution in [2.24, 2.45) is 4.99 Å². The summed E-state index contributed by atoms with van der Waals surface area (Å²) in [6.07, 6.45) is 4.06. The highest BCUT2D eigenvalue weighted by atomic mass is 32.2. The standard InChI is InChI=1S/C25H18N2O2S/c28-25-24(22-10-4-5-11-23(22)27(25)19-7-6-16-30-17-19)26-18-12-14-21(15-13-18)29-20-8-2-1-3-9-20/h1-15,17H,16H2. The number of anilines is 1. The van der Waals surface area contributed by atoms with Crippen LogP contribution in [-0.2, 0) is 4.79 Å². The van der Waals surface area contributed by atoms with Crippen molar-refractivity contribution >= 4 is 34.8 Å². The minimum Gasteiger partial charge on any atom is -0.457 e. The van der Waals surface area contributed by atoms with Gasteiger partial charge in [-0.2, -0.15) is 0 Å². The van der Waals surface area contributed by atoms with Gasteiger partial charge in [0.2, 0.25) is 0 Å². The molecule has 2 aliphatic heterocycles. The molecule has 0 unspecified atom stereocenters. The molecule has 0 saturated heterocycles. The Morgan fingerprint density at radius 1 is 0.867 bits per heavy atom. The van der Waals surface area contributed by atoms with Crippen molar-refractivity contribution in [3.05, 3.63) is 108 Å². The van der Waals surface area contributed by atoms with Gasteiger partial charge in [-0.25, -0.2) is 4.99 Å². The van der Waals surface area contributed by atoms with Gasteiger partial charge >= 0.3 is 0 Å². The molecule has 5 rings (SSSR count). The fraction of sp³-hybridized carbons (Fsp3) is 0.0400. The van der Waals surface area contributed by atoms with E-state index in [1.807, 2.05) is 90.3 Å². The van der Waals surface area contributed by atoms with E-state index in [1.54, 1.807) is 16.7 Å². The molecule has 0 spiro atoms. The number of nitrogens with zero attached hydrogens (tertiary/aromatic N) is 2. The number of aliphatic imine (C=N–C) groups is 1. The van der Waals surface area contributed by atoms with Crippen LogP contribution in [0.4, 0.5) is 11.4 Å². The molecule has 2 aliphatic rings. The van der Waals surface area contributed by atoms with Crippen LogP contribution in [0.5, 0.6) is 11.5 Å². The molecule has 4 nitrogen and oxygen atoms in total. The lowest BCUT2D eigenvalue weighted by atomic mass is 10.1. The summed E-state index contributed by atoms with van der Waals surface area (Å²) < 4.78 is 5.84. The molecule has 0 aliphatic carbocycles. The van der Waals surface area contributed by atoms with E-state index in [1.165, 1.54) is 0 Å². The zero-order chi connectivity index (χ0) is 20.3. The normalized spacial score (nSPS) is 16.5. The molecule has 0 fully saturated rings. The molecular weight excluding hydrogens is 392 g/mol. The Bertz CT molecular complexity index is 1180. The van der Waals surface area contributed by atoms with Crippen LogP contribution in [0.2, 0.25) is 0 Å². The Morgan fingerprint density at radius 3 is 2.37 bits per heavy atom. The van der Waals surface area contributed by atoms with Gasteiger partial charge in [0, 0.05) is 11.3 Å². The Hall–Kier alpha value is -3.57. The average Bonchev–Trinajstić information content (AvgIpc) is 3.08. The van der Waals surface area contributed by atoms with Crippen LogP contribution in [0.3, 0.4) is 0 Å². The minimum absolute atomic E-state index is 0.112. The molecule has 30 heavy (non-hydrogen) atoms. The smallest absolute Gasteiger partial charge is 0.282 e. The molecule has 5 heteroatoms. The molecule has 3 aromatic rings. The number of rotatable bonds is 4. The third-order valence-electron chi connectivity index (χ3n) is 4.81. The molecule has 0 bridgehead atoms. The number of hydrogen-bond acceptors (Lipinski definition) is 4. The zero-order valence-electron chi connectivity index (χ0n) is 16.1. The van der Waals surface area contributed by atoms with Gasteiger partial charge < -0.3 is 4.74 Å². The van der Waals surface area contributed by atoms with Crippen LogP contribution in [0, 0.1) is 0 Å². The van der Waals surface area contributed by atoms with Gasteiger partial charge in [0.25, 0.3) is 5.91 Å². The van der Waals surface area contributed by atoms with E-state index >= 15 is 0 Å². The Balaban J connectivity index is 1.45. The molecule has 3 aromatic carbocycles. The van der Waals surface area contributed by atoms with Crippen LogP contribution in [0.15, 0.2) is 107 Å². The van der Waals surface area contributed by atoms with Gasteiger partial charge in [-0.1, -0.05) is 42.5 Å². The molecule has 2 heterocycles. The maximum Gasteiger partial charge on any atom is 0.282 e. The Kier molecular flexibility index (Phi) is 4.95. The number of allylic oxidation sites excluding steroid dienone is 1. The third kappa shape index (κ3) is 3.55. The van der Waals surface area contributed by atoms with Crippen LogP contribution in [0.25, 0.3) is 0 Å². The second kappa shape index (κ2) is 8.05. The van der Waals surface area contributed by atoms with E-state index in [-0.39, 0.29) is 5.91 Å². The fourth-order valence-corrected chi connectivity index (χ4v) is 4.09. The van der Waals surface area contributed by atoms with Crippen molar-refractivity contribution in [3.63, 3.8) is 0 Å². The predicted octanol–water partition coefficient (Wildman–Crippen LogP) is 6.09. The maximum atomic E-state index is 13.3. The third-order valence-corrected chi connectivity index (χ3v) is 5.60. The van der Waals surface area contributed by atoms with E-state index < -0.39 is 0 Å². The fourth-order valence-electron chi connectivity index (χ4n) is 3.43. The number of thioether (sulfide) groups is 1. The second-order valence-electron chi connectivity index (χ2n) is 6.81. The lowest BCUT2D eigenvalue weighted by Crippen LogP contribution is -2.29. The highest BCUT2D eigenvalue weighted by Crippen LogP contribution is 2.35. The van der Waals surface area contributed by atoms with Gasteiger partial charge in [0.1, 0.15) is 17.2 Å². The average molecular weight is 410 g/mol. The first-order chi connectivity index (χ1) is 14.8. The Morgan fingerprint density at radius 2 is 1.60 bits per heavy atom. The summed E-state index contributed by atoms with van der Waals surface area (Å²) in [6, 6.07) is 24.8. The van der Waals surface area contributed by atoms with E-state index in [4.69, 9.17) is 4.74 Å². The maximum absolute atomic E-state index is 13.3. The lowest BCUT2D eigenvalue weighted by Gasteiger charge is -2.19. The van der Waals surface area contributed by atoms with Crippen LogP contribution in [-0.4, -0.2) is 17.4 Å². The van der Waals surface area contributed by atoms with Crippen LogP contribution >= 0.6 is 11.8 Å². The van der Waals surface area contributed by atoms with E-state index in [9.17, 15) is 4.79 Å². The first-order valence-electron chi connectivity index (χ1n) is 9.63. The number of amides is 1. The summed E-state index contributed by atoms with van der Waals surface area (Å²) in [6.45, 7) is 0. The van der Waals surface area contributed by atoms with Crippen molar-refractivity contribution in [3.8, 4) is 11.5 Å². The topological polar surface area (TPSA) is 41.9 Å². The molecule has 1 amide bonds. The number of carbonyl (C=O) groups is 1. The zero-order valence-corrected chi connectivity index (χ0v) is 16.9. The molecule has 0 saturated carbocycles. The van der Waals surface area contributed by atoms with E-state index in [0.29, 0.717) is 11.4 Å². The molecule has 0 atom stereocenters. The Labute approximate surface area is 179 Å². The first kappa shape index (κ1) is 18.5. The quantitative estimate of drug-likeness (QED) is 0.523. The number of fused-ring (bicyclic) bond motifs is 1. The number of carbonyl (C=O) groups excluding carboxylic acids is 1. The van der Waals surface area contributed by atoms with Crippen LogP contribution < -0.4 is 9.64 Å². The molecule has 0 N–H and O–H groups in total. The summed E-state index contributed by atoms with van der Waals surface area (Å²) in [5, 5.41) is 2.02. The predicted molar refractivity (Wildman–Crippen MR) is 123 cm³/mol. The first-order valence-corrected chi connectivity index (χ1v) is 10.7. The van der Waals surface area contributed by atoms with Crippen molar-refractivity contribution in [2.75, 3.05) is 10.7 Å². The summed E-state index contributed by atoms with van der Waals surface area (Å²) in [5.41, 5.74) is 3.74. The minimum atomic E-state index is -0.112. The number of benzene rings is 3. The molecule has 0 radical (unpaired) electrons. The van der Waals surface area contributed by atoms with Crippen LogP contribution in [0.1, 0.15) is 5.56 Å². The molecular formula is C25H18N2O2S. The number of hydrogen-bond donors (Lipinski definition) is 0. The van der Waals surface area contributed by atoms with Crippen molar-refractivity contribution in [1.29, 1.82) is 0 Å². The largest absolute Gasteiger partial charge is 0.457 e. The second-order valence-corrected chi connectivity index (χ2v) is 7.71. The lowest BCUT2D eigenvalue weighted by molar-refractivity contribution is -0.111. The summed E-state index contributed by atoms with van der Waals surface area (Å²) in [7, 11) is 0. The van der Waals surface area contributed by atoms with Crippen molar-refractivity contribution in [2.45, 2.75) is 0 Å². The van der Waals surface area contributed by atoms with Crippen molar-refractivity contribution in [1.82, 2.24) is 0 Å². The van der Waals surface area contributed by atoms with Gasteiger partial charge in [-0.3, -0.25) is 9.69 Å². The van der Waals surface area contributed by atoms with E-state index in [0.717, 1.165) is 34.2 Å². The number of ether oxygens (including phenoxy) is 1. The van der Waals surface area contributed by atoms with E-state index in [2.05, 4.69) is 11.1 Å². The summed E-state index contributed by atoms with van der Waals surface area (Å²) in [4.78, 5) is 19.7. The molecule has 0 aromatic heterocycles. The summed E-state index contributed by atoms with van der Waals surface area (Å²) >= 11 is 1.68. The highest BCUT2D eigenvalue weighted by Gasteiger charge is 2.35. The monoisotopic (exact) mass is 410 g/mol. The van der Waals surface area contributed by atoms with Gasteiger partial charge in [-0.05, 0) is 53.9 Å². The highest BCUT2D eigenvalue weighted by molar-refractivity contribution is 8.02. The number of para-hydroxylation sites is 2.